The lowest BCUT2D eigenvalue weighted by atomic mass is 10.1. The Morgan fingerprint density at radius 1 is 0.358 bits per heavy atom. The number of hydrogen-bond acceptors (Lipinski definition) is 5. The molecule has 0 fully saturated rings. The molecular weight excluding hydrogens is 825 g/mol. The van der Waals surface area contributed by atoms with Crippen LogP contribution in [0.5, 0.6) is 0 Å². The molecule has 0 rings (SSSR count). The zero-order valence-electron chi connectivity index (χ0n) is 42.8. The quantitative estimate of drug-likeness (QED) is 0.0374. The van der Waals surface area contributed by atoms with Gasteiger partial charge in [0.1, 0.15) is 6.61 Å². The topological polar surface area (TPSA) is 72.8 Å². The lowest BCUT2D eigenvalue weighted by molar-refractivity contribution is -0.161. The van der Waals surface area contributed by atoms with E-state index in [4.69, 9.17) is 9.47 Å². The van der Waals surface area contributed by atoms with Crippen LogP contribution in [-0.2, 0) is 19.1 Å². The third-order valence-corrected chi connectivity index (χ3v) is 10.9. The van der Waals surface area contributed by atoms with E-state index in [1.807, 2.05) is 0 Å². The predicted octanol–water partition coefficient (Wildman–Crippen LogP) is 18.2. The van der Waals surface area contributed by atoms with Gasteiger partial charge in [0.2, 0.25) is 0 Å². The van der Waals surface area contributed by atoms with Gasteiger partial charge >= 0.3 is 11.9 Å². The lowest BCUT2D eigenvalue weighted by Gasteiger charge is -2.15. The molecule has 0 amide bonds. The molecule has 1 unspecified atom stereocenters. The van der Waals surface area contributed by atoms with E-state index in [0.717, 1.165) is 122 Å². The Morgan fingerprint density at radius 3 is 0.970 bits per heavy atom. The molecule has 0 radical (unpaired) electrons. The number of rotatable bonds is 47. The molecule has 0 aliphatic rings. The maximum Gasteiger partial charge on any atom is 0.306 e. The fraction of sp³-hybridized carbons (Fsp3) is 0.581. The van der Waals surface area contributed by atoms with E-state index in [1.165, 1.54) is 64.2 Å². The number of ether oxygens (including phenoxy) is 2. The zero-order chi connectivity index (χ0) is 48.5. The van der Waals surface area contributed by atoms with Crippen molar-refractivity contribution in [1.82, 2.24) is 0 Å². The van der Waals surface area contributed by atoms with E-state index >= 15 is 0 Å². The van der Waals surface area contributed by atoms with Gasteiger partial charge in [0.15, 0.2) is 6.10 Å². The average Bonchev–Trinajstić information content (AvgIpc) is 3.33. The van der Waals surface area contributed by atoms with E-state index in [0.29, 0.717) is 12.8 Å². The van der Waals surface area contributed by atoms with E-state index in [2.05, 4.69) is 160 Å². The molecule has 0 heterocycles. The zero-order valence-corrected chi connectivity index (χ0v) is 42.8. The maximum absolute atomic E-state index is 12.3. The highest BCUT2D eigenvalue weighted by atomic mass is 16.6. The van der Waals surface area contributed by atoms with Gasteiger partial charge in [-0.3, -0.25) is 9.59 Å². The second kappa shape index (κ2) is 56.1. The molecule has 0 aromatic heterocycles. The highest BCUT2D eigenvalue weighted by Gasteiger charge is 2.16. The number of unbranched alkanes of at least 4 members (excludes halogenated alkanes) is 15. The van der Waals surface area contributed by atoms with Crippen LogP contribution in [-0.4, -0.2) is 36.4 Å². The van der Waals surface area contributed by atoms with Crippen LogP contribution in [0.3, 0.4) is 0 Å². The molecule has 0 saturated carbocycles. The van der Waals surface area contributed by atoms with Gasteiger partial charge < -0.3 is 14.6 Å². The van der Waals surface area contributed by atoms with Crippen molar-refractivity contribution in [1.29, 1.82) is 0 Å². The fourth-order valence-electron chi connectivity index (χ4n) is 6.83. The van der Waals surface area contributed by atoms with E-state index in [1.54, 1.807) is 0 Å². The SMILES string of the molecule is CC/C=C\C/C=C\C/C=C\C/C=C\C/C=C\C/C=C\C/C=C\C/C=C\C/C=C\C/C=C\CCCCCCCCCCC(=O)OC(CO)COC(=O)CCCCCCC/C=C\C/C=C\CCCC. The third kappa shape index (κ3) is 54.3. The summed E-state index contributed by atoms with van der Waals surface area (Å²) in [6, 6.07) is 0. The Balaban J connectivity index is 3.63. The van der Waals surface area contributed by atoms with Crippen LogP contribution in [0.2, 0.25) is 0 Å². The summed E-state index contributed by atoms with van der Waals surface area (Å²) in [6.45, 7) is 3.95. The van der Waals surface area contributed by atoms with Gasteiger partial charge in [-0.05, 0) is 116 Å². The third-order valence-electron chi connectivity index (χ3n) is 10.9. The number of carbonyl (C=O) groups is 2. The van der Waals surface area contributed by atoms with Crippen LogP contribution in [0.1, 0.15) is 213 Å². The van der Waals surface area contributed by atoms with Crippen molar-refractivity contribution >= 4 is 11.9 Å². The van der Waals surface area contributed by atoms with Crippen LogP contribution >= 0.6 is 0 Å². The summed E-state index contributed by atoms with van der Waals surface area (Å²) in [5.41, 5.74) is 0. The number of esters is 2. The van der Waals surface area contributed by atoms with Crippen molar-refractivity contribution in [3.05, 3.63) is 146 Å². The maximum atomic E-state index is 12.3. The first kappa shape index (κ1) is 62.8. The normalized spacial score (nSPS) is 13.4. The van der Waals surface area contributed by atoms with Crippen LogP contribution < -0.4 is 0 Å². The van der Waals surface area contributed by atoms with Gasteiger partial charge in [-0.25, -0.2) is 0 Å². The molecule has 1 N–H and O–H groups in total. The van der Waals surface area contributed by atoms with Gasteiger partial charge in [-0.1, -0.05) is 230 Å². The van der Waals surface area contributed by atoms with Crippen LogP contribution in [0, 0.1) is 0 Å². The second-order valence-corrected chi connectivity index (χ2v) is 17.2. The largest absolute Gasteiger partial charge is 0.462 e. The first-order valence-corrected chi connectivity index (χ1v) is 26.9. The summed E-state index contributed by atoms with van der Waals surface area (Å²) in [5, 5.41) is 9.61. The minimum Gasteiger partial charge on any atom is -0.462 e. The molecule has 0 saturated heterocycles. The molecule has 0 spiro atoms. The monoisotopic (exact) mass is 923 g/mol. The minimum absolute atomic E-state index is 0.0847. The predicted molar refractivity (Wildman–Crippen MR) is 292 cm³/mol. The van der Waals surface area contributed by atoms with Crippen molar-refractivity contribution in [2.45, 2.75) is 219 Å². The van der Waals surface area contributed by atoms with Crippen molar-refractivity contribution in [3.8, 4) is 0 Å². The molecule has 0 aromatic carbocycles. The number of hydrogen-bond donors (Lipinski definition) is 1. The summed E-state index contributed by atoms with van der Waals surface area (Å²) >= 11 is 0. The fourth-order valence-corrected chi connectivity index (χ4v) is 6.83. The van der Waals surface area contributed by atoms with E-state index < -0.39 is 6.10 Å². The van der Waals surface area contributed by atoms with Gasteiger partial charge in [0.05, 0.1) is 6.61 Å². The molecular formula is C62H98O5. The molecule has 1 atom stereocenters. The highest BCUT2D eigenvalue weighted by Crippen LogP contribution is 2.13. The molecule has 376 valence electrons. The van der Waals surface area contributed by atoms with Gasteiger partial charge in [-0.2, -0.15) is 0 Å². The highest BCUT2D eigenvalue weighted by molar-refractivity contribution is 5.70. The number of aliphatic hydroxyl groups excluding tert-OH is 1. The van der Waals surface area contributed by atoms with Gasteiger partial charge in [-0.15, -0.1) is 0 Å². The van der Waals surface area contributed by atoms with Crippen LogP contribution in [0.15, 0.2) is 146 Å². The molecule has 5 heteroatoms. The molecule has 0 aliphatic heterocycles. The summed E-state index contributed by atoms with van der Waals surface area (Å²) in [5.74, 6) is -0.627. The first-order chi connectivity index (χ1) is 33.1. The van der Waals surface area contributed by atoms with Gasteiger partial charge in [0.25, 0.3) is 0 Å². The number of aliphatic hydroxyl groups is 1. The summed E-state index contributed by atoms with van der Waals surface area (Å²) in [6.07, 6.45) is 85.2. The Labute approximate surface area is 412 Å². The molecule has 0 bridgehead atoms. The first-order valence-electron chi connectivity index (χ1n) is 26.9. The minimum atomic E-state index is -0.792. The number of allylic oxidation sites excluding steroid dienone is 24. The van der Waals surface area contributed by atoms with Crippen LogP contribution in [0.25, 0.3) is 0 Å². The van der Waals surface area contributed by atoms with Crippen molar-refractivity contribution in [3.63, 3.8) is 0 Å². The second-order valence-electron chi connectivity index (χ2n) is 17.2. The van der Waals surface area contributed by atoms with Crippen LogP contribution in [0.4, 0.5) is 0 Å². The average molecular weight is 923 g/mol. The smallest absolute Gasteiger partial charge is 0.306 e. The van der Waals surface area contributed by atoms with E-state index in [9.17, 15) is 14.7 Å². The summed E-state index contributed by atoms with van der Waals surface area (Å²) in [7, 11) is 0. The number of carbonyl (C=O) groups excluding carboxylic acids is 2. The Morgan fingerprint density at radius 2 is 0.642 bits per heavy atom. The summed E-state index contributed by atoms with van der Waals surface area (Å²) < 4.78 is 10.6. The summed E-state index contributed by atoms with van der Waals surface area (Å²) in [4.78, 5) is 24.4. The van der Waals surface area contributed by atoms with E-state index in [-0.39, 0.29) is 25.2 Å². The molecule has 0 aliphatic carbocycles. The van der Waals surface area contributed by atoms with Crippen molar-refractivity contribution in [2.75, 3.05) is 13.2 Å². The molecule has 0 aromatic rings. The molecule has 67 heavy (non-hydrogen) atoms. The van der Waals surface area contributed by atoms with Gasteiger partial charge in [0, 0.05) is 12.8 Å². The van der Waals surface area contributed by atoms with Crippen molar-refractivity contribution < 1.29 is 24.2 Å². The molecule has 5 nitrogen and oxygen atoms in total. The Bertz CT molecular complexity index is 1460. The van der Waals surface area contributed by atoms with Crippen molar-refractivity contribution in [2.24, 2.45) is 0 Å². The lowest BCUT2D eigenvalue weighted by Crippen LogP contribution is -2.28. The Kier molecular flexibility index (Phi) is 52.6. The standard InChI is InChI=1S/C62H98O5/c1-3-5-7-9-11-13-15-17-19-20-21-22-23-24-25-26-27-28-29-30-31-32-33-34-35-36-37-38-39-40-41-42-43-45-47-49-51-53-55-57-62(65)67-60(58-63)59-66-61(64)56-54-52-50-48-46-44-18-16-14-12-10-8-6-4-2/h5,7,10-13,16-19,21-22,24-25,27-28,30-31,33-34,36-37,39-40,60,63H,3-4,6,8-9,14-15,20,23,26,29,32,35,38,41-59H2,1-2H3/b7-5-,12-10-,13-11-,18-16-,19-17-,22-21-,25-24-,28-27-,31-30-,34-33-,37-36-,40-39-. The Hall–Kier alpha value is -4.22.